The summed E-state index contributed by atoms with van der Waals surface area (Å²) in [6.07, 6.45) is 2.53. The quantitative estimate of drug-likeness (QED) is 0.0877. The summed E-state index contributed by atoms with van der Waals surface area (Å²) in [6, 6.07) is 7.84. The minimum absolute atomic E-state index is 0.0742. The number of aromatic nitrogens is 2. The van der Waals surface area contributed by atoms with Crippen molar-refractivity contribution in [1.82, 2.24) is 20.6 Å². The zero-order valence-corrected chi connectivity index (χ0v) is 22.0. The molecule has 0 spiro atoms. The third kappa shape index (κ3) is 12.0. The van der Waals surface area contributed by atoms with Crippen molar-refractivity contribution >= 4 is 41.1 Å². The number of benzene rings is 1. The van der Waals surface area contributed by atoms with E-state index in [0.717, 1.165) is 30.6 Å². The van der Waals surface area contributed by atoms with E-state index in [4.69, 9.17) is 47.4 Å². The van der Waals surface area contributed by atoms with Crippen LogP contribution in [0.5, 0.6) is 5.75 Å². The zero-order valence-electron chi connectivity index (χ0n) is 21.3. The van der Waals surface area contributed by atoms with Crippen LogP contribution in [0.1, 0.15) is 35.8 Å². The van der Waals surface area contributed by atoms with Gasteiger partial charge in [-0.2, -0.15) is 0 Å². The van der Waals surface area contributed by atoms with Gasteiger partial charge in [0.15, 0.2) is 28.4 Å². The van der Waals surface area contributed by atoms with Crippen LogP contribution < -0.4 is 26.8 Å². The molecule has 0 radical (unpaired) electrons. The van der Waals surface area contributed by atoms with E-state index < -0.39 is 5.91 Å². The molecule has 38 heavy (non-hydrogen) atoms. The number of amides is 1. The maximum Gasteiger partial charge on any atom is 0.302 e. The molecular formula is C24H34ClN7O6. The Bertz CT molecular complexity index is 1060. The number of hydrogen-bond acceptors (Lipinski definition) is 11. The Morgan fingerprint density at radius 1 is 0.947 bits per heavy atom. The first-order valence-electron chi connectivity index (χ1n) is 12.0. The van der Waals surface area contributed by atoms with Crippen molar-refractivity contribution in [2.24, 2.45) is 0 Å². The van der Waals surface area contributed by atoms with Crippen LogP contribution in [-0.2, 0) is 25.4 Å². The van der Waals surface area contributed by atoms with Gasteiger partial charge >= 0.3 is 5.97 Å². The van der Waals surface area contributed by atoms with Crippen LogP contribution in [-0.4, -0.2) is 74.0 Å². The molecule has 1 aromatic heterocycles. The van der Waals surface area contributed by atoms with E-state index in [-0.39, 0.29) is 41.0 Å². The lowest BCUT2D eigenvalue weighted by Gasteiger charge is -2.11. The number of guanidine groups is 1. The summed E-state index contributed by atoms with van der Waals surface area (Å²) in [5.41, 5.74) is 12.1. The number of esters is 1. The van der Waals surface area contributed by atoms with Crippen molar-refractivity contribution in [2.45, 2.75) is 26.2 Å². The highest BCUT2D eigenvalue weighted by atomic mass is 35.5. The van der Waals surface area contributed by atoms with Gasteiger partial charge in [-0.25, -0.2) is 9.97 Å². The van der Waals surface area contributed by atoms with E-state index in [0.29, 0.717) is 39.6 Å². The largest absolute Gasteiger partial charge is 0.491 e. The van der Waals surface area contributed by atoms with Crippen LogP contribution in [0.4, 0.5) is 11.6 Å². The third-order valence-corrected chi connectivity index (χ3v) is 5.16. The number of ether oxygens (including phenoxy) is 4. The fourth-order valence-electron chi connectivity index (χ4n) is 3.03. The number of unbranched alkanes of at least 4 members (excludes halogenated alkanes) is 1. The van der Waals surface area contributed by atoms with E-state index >= 15 is 0 Å². The Morgan fingerprint density at radius 3 is 2.29 bits per heavy atom. The average Bonchev–Trinajstić information content (AvgIpc) is 2.87. The third-order valence-electron chi connectivity index (χ3n) is 4.88. The molecule has 14 heteroatoms. The molecule has 2 aromatic rings. The lowest BCUT2D eigenvalue weighted by molar-refractivity contribution is -0.142. The molecule has 1 aromatic carbocycles. The van der Waals surface area contributed by atoms with Gasteiger partial charge in [-0.1, -0.05) is 23.7 Å². The number of aryl methyl sites for hydroxylation is 1. The fourth-order valence-corrected chi connectivity index (χ4v) is 3.16. The lowest BCUT2D eigenvalue weighted by atomic mass is 10.1. The second-order valence-corrected chi connectivity index (χ2v) is 8.26. The van der Waals surface area contributed by atoms with Gasteiger partial charge in [0.2, 0.25) is 0 Å². The summed E-state index contributed by atoms with van der Waals surface area (Å²) < 4.78 is 21.1. The van der Waals surface area contributed by atoms with Crippen LogP contribution in [0.2, 0.25) is 5.15 Å². The first kappa shape index (κ1) is 30.5. The number of carbonyl (C=O) groups is 2. The second kappa shape index (κ2) is 16.9. The predicted octanol–water partition coefficient (Wildman–Crippen LogP) is 1.55. The van der Waals surface area contributed by atoms with Crippen molar-refractivity contribution in [3.63, 3.8) is 0 Å². The first-order chi connectivity index (χ1) is 18.3. The van der Waals surface area contributed by atoms with E-state index in [2.05, 4.69) is 20.6 Å². The molecule has 0 aliphatic rings. The van der Waals surface area contributed by atoms with Crippen LogP contribution in [0.3, 0.4) is 0 Å². The van der Waals surface area contributed by atoms with E-state index in [1.165, 1.54) is 6.92 Å². The molecule has 0 saturated heterocycles. The highest BCUT2D eigenvalue weighted by Gasteiger charge is 2.16. The number of anilines is 2. The first-order valence-corrected chi connectivity index (χ1v) is 12.4. The van der Waals surface area contributed by atoms with Gasteiger partial charge in [0.05, 0.1) is 26.4 Å². The minimum atomic E-state index is -0.703. The number of nitrogens with zero attached hydrogens (tertiary/aromatic N) is 2. The van der Waals surface area contributed by atoms with Gasteiger partial charge in [-0.15, -0.1) is 0 Å². The molecule has 0 atom stereocenters. The van der Waals surface area contributed by atoms with E-state index in [9.17, 15) is 9.59 Å². The van der Waals surface area contributed by atoms with Crippen LogP contribution in [0.15, 0.2) is 24.3 Å². The van der Waals surface area contributed by atoms with E-state index in [1.807, 2.05) is 24.3 Å². The Labute approximate surface area is 226 Å². The molecule has 208 valence electrons. The Balaban J connectivity index is 1.52. The second-order valence-electron chi connectivity index (χ2n) is 7.90. The highest BCUT2D eigenvalue weighted by molar-refractivity contribution is 6.31. The van der Waals surface area contributed by atoms with Crippen molar-refractivity contribution < 1.29 is 28.5 Å². The maximum atomic E-state index is 12.2. The molecular weight excluding hydrogens is 518 g/mol. The Morgan fingerprint density at radius 2 is 1.61 bits per heavy atom. The molecule has 13 nitrogen and oxygen atoms in total. The normalized spacial score (nSPS) is 10.6. The number of carbonyl (C=O) groups excluding carboxylic acids is 2. The minimum Gasteiger partial charge on any atom is -0.491 e. The molecule has 0 unspecified atom stereocenters. The Kier molecular flexibility index (Phi) is 13.6. The van der Waals surface area contributed by atoms with Gasteiger partial charge in [0.25, 0.3) is 5.91 Å². The topological polar surface area (TPSA) is 197 Å². The summed E-state index contributed by atoms with van der Waals surface area (Å²) in [6.45, 7) is 4.16. The summed E-state index contributed by atoms with van der Waals surface area (Å²) in [4.78, 5) is 30.4. The number of nitrogen functional groups attached to an aromatic ring is 2. The molecule has 2 rings (SSSR count). The average molecular weight is 552 g/mol. The number of nitrogens with two attached hydrogens (primary N) is 2. The number of halogens is 1. The lowest BCUT2D eigenvalue weighted by Crippen LogP contribution is -2.41. The van der Waals surface area contributed by atoms with Crippen LogP contribution in [0, 0.1) is 5.41 Å². The standard InChI is InChI=1S/C24H34ClN7O6/c1-16(33)37-14-12-35-10-11-36-13-15-38-18-7-5-17(6-8-18)4-2-3-9-29-24(28)32-23(34)19-21(26)31-22(27)20(25)30-19/h5-8H,2-4,9-15H2,1H3,(H4,26,27,31)(H3,28,29,32,34). The number of rotatable bonds is 16. The zero-order chi connectivity index (χ0) is 27.8. The summed E-state index contributed by atoms with van der Waals surface area (Å²) >= 11 is 5.78. The van der Waals surface area contributed by atoms with Gasteiger partial charge in [-0.3, -0.25) is 20.3 Å². The van der Waals surface area contributed by atoms with Gasteiger partial charge in [-0.05, 0) is 37.0 Å². The van der Waals surface area contributed by atoms with Gasteiger partial charge in [0.1, 0.15) is 19.0 Å². The highest BCUT2D eigenvalue weighted by Crippen LogP contribution is 2.17. The van der Waals surface area contributed by atoms with E-state index in [1.54, 1.807) is 0 Å². The SMILES string of the molecule is CC(=O)OCCOCCOCCOc1ccc(CCCCNC(=N)NC(=O)c2nc(Cl)c(N)nc2N)cc1. The molecule has 0 aliphatic heterocycles. The molecule has 0 bridgehead atoms. The summed E-state index contributed by atoms with van der Waals surface area (Å²) in [7, 11) is 0. The predicted molar refractivity (Wildman–Crippen MR) is 142 cm³/mol. The molecule has 0 fully saturated rings. The molecule has 0 aliphatic carbocycles. The summed E-state index contributed by atoms with van der Waals surface area (Å²) in [5.74, 6) is -0.691. The van der Waals surface area contributed by atoms with Crippen molar-refractivity contribution in [3.8, 4) is 5.75 Å². The Hall–Kier alpha value is -3.68. The van der Waals surface area contributed by atoms with Crippen LogP contribution in [0.25, 0.3) is 0 Å². The van der Waals surface area contributed by atoms with Crippen molar-refractivity contribution in [2.75, 3.05) is 57.7 Å². The van der Waals surface area contributed by atoms with Crippen LogP contribution >= 0.6 is 11.6 Å². The fraction of sp³-hybridized carbons (Fsp3) is 0.458. The van der Waals surface area contributed by atoms with Crippen molar-refractivity contribution in [3.05, 3.63) is 40.7 Å². The maximum absolute atomic E-state index is 12.2. The van der Waals surface area contributed by atoms with Gasteiger partial charge < -0.3 is 35.7 Å². The molecule has 0 saturated carbocycles. The number of hydrogen-bond donors (Lipinski definition) is 5. The van der Waals surface area contributed by atoms with Crippen molar-refractivity contribution in [1.29, 1.82) is 5.41 Å². The number of nitrogens with one attached hydrogen (secondary N) is 3. The molecule has 7 N–H and O–H groups in total. The monoisotopic (exact) mass is 551 g/mol. The van der Waals surface area contributed by atoms with Gasteiger partial charge in [0, 0.05) is 13.5 Å². The summed E-state index contributed by atoms with van der Waals surface area (Å²) in [5, 5.41) is 12.9. The smallest absolute Gasteiger partial charge is 0.302 e. The molecule has 1 amide bonds. The molecule has 1 heterocycles.